The highest BCUT2D eigenvalue weighted by atomic mass is 19.3. The van der Waals surface area contributed by atoms with Crippen LogP contribution in [0.25, 0.3) is 0 Å². The molecule has 0 saturated carbocycles. The molecule has 2 amide bonds. The van der Waals surface area contributed by atoms with E-state index in [2.05, 4.69) is 19.3 Å². The van der Waals surface area contributed by atoms with Crippen LogP contribution in [0.2, 0.25) is 6.32 Å². The first-order valence-electron chi connectivity index (χ1n) is 15.8. The van der Waals surface area contributed by atoms with Crippen LogP contribution in [0.3, 0.4) is 0 Å². The predicted octanol–water partition coefficient (Wildman–Crippen LogP) is 8.49. The van der Waals surface area contributed by atoms with Crippen molar-refractivity contribution in [1.29, 1.82) is 0 Å². The van der Waals surface area contributed by atoms with Gasteiger partial charge < -0.3 is 14.0 Å². The van der Waals surface area contributed by atoms with Crippen molar-refractivity contribution in [2.24, 2.45) is 5.41 Å². The lowest BCUT2D eigenvalue weighted by atomic mass is 9.81. The second-order valence-electron chi connectivity index (χ2n) is 14.2. The molecule has 10 heteroatoms. The summed E-state index contributed by atoms with van der Waals surface area (Å²) in [5.41, 5.74) is 4.78. The Morgan fingerprint density at radius 2 is 1.51 bits per heavy atom. The van der Waals surface area contributed by atoms with Gasteiger partial charge in [-0.15, -0.1) is 0 Å². The molecule has 0 aliphatic carbocycles. The molecule has 0 unspecified atom stereocenters. The molecule has 250 valence electrons. The Morgan fingerprint density at radius 3 is 2.00 bits per heavy atom. The van der Waals surface area contributed by atoms with E-state index in [1.807, 2.05) is 68.4 Å². The Labute approximate surface area is 269 Å². The van der Waals surface area contributed by atoms with Crippen molar-refractivity contribution in [1.82, 2.24) is 10.4 Å². The third-order valence-corrected chi connectivity index (χ3v) is 7.71. The number of hydrazine groups is 1. The second kappa shape index (κ2) is 15.5. The Balaban J connectivity index is 0.00000226. The first kappa shape index (κ1) is 38.2. The van der Waals surface area contributed by atoms with E-state index in [0.717, 1.165) is 11.1 Å². The molecule has 0 radical (unpaired) electrons. The number of aryl methyl sites for hydroxylation is 3. The molecule has 1 fully saturated rings. The van der Waals surface area contributed by atoms with Crippen molar-refractivity contribution in [3.05, 3.63) is 63.7 Å². The van der Waals surface area contributed by atoms with Gasteiger partial charge in [0.25, 0.3) is 11.8 Å². The molecule has 1 aliphatic heterocycles. The number of hydrogen-bond acceptors (Lipinski definition) is 5. The molecule has 2 aromatic rings. The number of amides is 2. The summed E-state index contributed by atoms with van der Waals surface area (Å²) in [7, 11) is -0.399. The first-order chi connectivity index (χ1) is 20.7. The lowest BCUT2D eigenvalue weighted by Gasteiger charge is -2.32. The summed E-state index contributed by atoms with van der Waals surface area (Å²) < 4.78 is 44.0. The molecule has 1 N–H and O–H groups in total. The van der Waals surface area contributed by atoms with Crippen LogP contribution in [0, 0.1) is 26.2 Å². The minimum absolute atomic E-state index is 0.0328. The molecular weight excluding hydrogens is 577 g/mol. The summed E-state index contributed by atoms with van der Waals surface area (Å²) in [6.07, 6.45) is 2.85. The summed E-state index contributed by atoms with van der Waals surface area (Å²) in [4.78, 5) is 27.0. The molecule has 1 heterocycles. The third-order valence-electron chi connectivity index (χ3n) is 7.71. The molecule has 0 atom stereocenters. The number of ether oxygens (including phenoxy) is 1. The summed E-state index contributed by atoms with van der Waals surface area (Å²) in [5.74, 6) is -0.974. The fourth-order valence-corrected chi connectivity index (χ4v) is 5.06. The van der Waals surface area contributed by atoms with E-state index >= 15 is 0 Å². The minimum atomic E-state index is -3.06. The number of nitrogens with zero attached hydrogens (tertiary/aromatic N) is 1. The standard InChI is InChI=1S/C32H45BF2N2O5.C3H8/c1-20-16-21(2)18-24(17-20)28(39)37(19-30(4,5)6)36-27(38)25-14-13-23(26(22(25)3)40-29(34)35)12-11-15-33-41-31(7,8)32(9,10)42-33;1-3-2/h13-14,16-18,29H,11-12,15,19H2,1-10H3,(H,36,38);3H2,1-2H3. The van der Waals surface area contributed by atoms with Crippen molar-refractivity contribution in [2.75, 3.05) is 6.54 Å². The summed E-state index contributed by atoms with van der Waals surface area (Å²) >= 11 is 0. The minimum Gasteiger partial charge on any atom is -0.434 e. The van der Waals surface area contributed by atoms with E-state index in [0.29, 0.717) is 30.3 Å². The number of halogens is 2. The lowest BCUT2D eigenvalue weighted by Crippen LogP contribution is -2.49. The maximum absolute atomic E-state index is 13.5. The van der Waals surface area contributed by atoms with Crippen molar-refractivity contribution in [3.63, 3.8) is 0 Å². The molecule has 0 spiro atoms. The molecule has 45 heavy (non-hydrogen) atoms. The van der Waals surface area contributed by atoms with Crippen LogP contribution < -0.4 is 10.2 Å². The highest BCUT2D eigenvalue weighted by molar-refractivity contribution is 6.45. The average Bonchev–Trinajstić information content (AvgIpc) is 3.09. The number of hydrogen-bond donors (Lipinski definition) is 1. The number of benzene rings is 2. The zero-order valence-corrected chi connectivity index (χ0v) is 29.3. The van der Waals surface area contributed by atoms with Gasteiger partial charge in [-0.1, -0.05) is 70.7 Å². The monoisotopic (exact) mass is 630 g/mol. The summed E-state index contributed by atoms with van der Waals surface area (Å²) in [6.45, 7) is 20.6. The van der Waals surface area contributed by atoms with Crippen molar-refractivity contribution >= 4 is 18.9 Å². The van der Waals surface area contributed by atoms with Gasteiger partial charge in [-0.05, 0) is 90.4 Å². The van der Waals surface area contributed by atoms with Crippen LogP contribution in [0.15, 0.2) is 30.3 Å². The van der Waals surface area contributed by atoms with Gasteiger partial charge >= 0.3 is 13.7 Å². The molecule has 0 bridgehead atoms. The van der Waals surface area contributed by atoms with E-state index in [1.165, 1.54) is 11.4 Å². The highest BCUT2D eigenvalue weighted by Gasteiger charge is 2.50. The highest BCUT2D eigenvalue weighted by Crippen LogP contribution is 2.38. The van der Waals surface area contributed by atoms with Gasteiger partial charge in [0.15, 0.2) is 0 Å². The van der Waals surface area contributed by atoms with Crippen molar-refractivity contribution in [2.45, 2.75) is 126 Å². The van der Waals surface area contributed by atoms with E-state index in [-0.39, 0.29) is 34.7 Å². The van der Waals surface area contributed by atoms with Crippen LogP contribution in [-0.4, -0.2) is 48.3 Å². The van der Waals surface area contributed by atoms with E-state index in [1.54, 1.807) is 31.2 Å². The van der Waals surface area contributed by atoms with Crippen LogP contribution in [0.5, 0.6) is 5.75 Å². The maximum atomic E-state index is 13.5. The van der Waals surface area contributed by atoms with Gasteiger partial charge in [0, 0.05) is 23.2 Å². The largest absolute Gasteiger partial charge is 0.457 e. The molecule has 2 aromatic carbocycles. The predicted molar refractivity (Wildman–Crippen MR) is 177 cm³/mol. The average molecular weight is 631 g/mol. The van der Waals surface area contributed by atoms with Gasteiger partial charge in [-0.25, -0.2) is 5.01 Å². The molecule has 1 aliphatic rings. The molecule has 7 nitrogen and oxygen atoms in total. The van der Waals surface area contributed by atoms with Crippen LogP contribution in [-0.2, 0) is 15.7 Å². The molecular formula is C35H53BF2N2O5. The smallest absolute Gasteiger partial charge is 0.434 e. The van der Waals surface area contributed by atoms with Gasteiger partial charge in [0.2, 0.25) is 0 Å². The number of carbonyl (C=O) groups excluding carboxylic acids is 2. The van der Waals surface area contributed by atoms with Gasteiger partial charge in [0.1, 0.15) is 5.75 Å². The topological polar surface area (TPSA) is 77.1 Å². The van der Waals surface area contributed by atoms with Crippen molar-refractivity contribution in [3.8, 4) is 5.75 Å². The number of rotatable bonds is 9. The van der Waals surface area contributed by atoms with Gasteiger partial charge in [-0.3, -0.25) is 15.0 Å². The second-order valence-corrected chi connectivity index (χ2v) is 14.2. The quantitative estimate of drug-likeness (QED) is 0.222. The van der Waals surface area contributed by atoms with Crippen LogP contribution in [0.1, 0.15) is 118 Å². The number of carbonyl (C=O) groups is 2. The van der Waals surface area contributed by atoms with E-state index in [4.69, 9.17) is 14.0 Å². The first-order valence-corrected chi connectivity index (χ1v) is 15.8. The lowest BCUT2D eigenvalue weighted by molar-refractivity contribution is -0.0509. The van der Waals surface area contributed by atoms with Crippen molar-refractivity contribution < 1.29 is 32.4 Å². The van der Waals surface area contributed by atoms with Crippen LogP contribution in [0.4, 0.5) is 8.78 Å². The fraction of sp³-hybridized carbons (Fsp3) is 0.600. The summed E-state index contributed by atoms with van der Waals surface area (Å²) in [5, 5.41) is 1.29. The Bertz CT molecular complexity index is 1290. The Morgan fingerprint density at radius 1 is 0.978 bits per heavy atom. The van der Waals surface area contributed by atoms with Gasteiger partial charge in [-0.2, -0.15) is 8.78 Å². The number of nitrogens with one attached hydrogen (secondary N) is 1. The Hall–Kier alpha value is -2.98. The van der Waals surface area contributed by atoms with E-state index in [9.17, 15) is 18.4 Å². The molecule has 1 saturated heterocycles. The fourth-order valence-electron chi connectivity index (χ4n) is 5.06. The normalized spacial score (nSPS) is 15.4. The molecule has 3 rings (SSSR count). The van der Waals surface area contributed by atoms with Crippen LogP contribution >= 0.6 is 0 Å². The molecule has 0 aromatic heterocycles. The van der Waals surface area contributed by atoms with Gasteiger partial charge in [0.05, 0.1) is 11.2 Å². The third kappa shape index (κ3) is 10.8. The summed E-state index contributed by atoms with van der Waals surface area (Å²) in [6, 6.07) is 8.73. The Kier molecular flexibility index (Phi) is 13.2. The zero-order chi connectivity index (χ0) is 34.3. The SMILES string of the molecule is CCC.Cc1cc(C)cc(C(=O)N(CC(C)(C)C)NC(=O)c2ccc(CCCB3OC(C)(C)C(C)(C)O3)c(OC(F)F)c2C)c1. The van der Waals surface area contributed by atoms with E-state index < -0.39 is 30.8 Å². The zero-order valence-electron chi connectivity index (χ0n) is 29.3. The number of alkyl halides is 2. The maximum Gasteiger partial charge on any atom is 0.457 e.